The lowest BCUT2D eigenvalue weighted by molar-refractivity contribution is -0.130. The summed E-state index contributed by atoms with van der Waals surface area (Å²) in [6.07, 6.45) is 0.585. The number of nitrogens with zero attached hydrogens (tertiary/aromatic N) is 1. The number of hydrogen-bond acceptors (Lipinski definition) is 3. The fourth-order valence-corrected chi connectivity index (χ4v) is 2.83. The van der Waals surface area contributed by atoms with Crippen LogP contribution in [-0.2, 0) is 4.79 Å². The Hall–Kier alpha value is -2.37. The van der Waals surface area contributed by atoms with Gasteiger partial charge in [0.2, 0.25) is 0 Å². The topological polar surface area (TPSA) is 78.5 Å². The number of amides is 4. The van der Waals surface area contributed by atoms with Gasteiger partial charge in [-0.15, -0.1) is 0 Å². The van der Waals surface area contributed by atoms with Gasteiger partial charge in [0.15, 0.2) is 0 Å². The molecule has 1 saturated carbocycles. The fourth-order valence-electron chi connectivity index (χ4n) is 2.83. The highest BCUT2D eigenvalue weighted by Crippen LogP contribution is 2.58. The zero-order chi connectivity index (χ0) is 15.4. The minimum absolute atomic E-state index is 0.275. The molecule has 1 atom stereocenters. The predicted molar refractivity (Wildman–Crippen MR) is 75.2 cm³/mol. The summed E-state index contributed by atoms with van der Waals surface area (Å²) in [5.41, 5.74) is 2.59. The Bertz CT molecular complexity index is 668. The summed E-state index contributed by atoms with van der Waals surface area (Å²) >= 11 is 0. The monoisotopic (exact) mass is 287 g/mol. The second-order valence-electron chi connectivity index (χ2n) is 6.35. The van der Waals surface area contributed by atoms with Crippen molar-refractivity contribution in [1.82, 2.24) is 15.8 Å². The summed E-state index contributed by atoms with van der Waals surface area (Å²) in [7, 11) is 0. The number of urea groups is 1. The van der Waals surface area contributed by atoms with Crippen LogP contribution in [0.5, 0.6) is 0 Å². The molecular weight excluding hydrogens is 270 g/mol. The number of nitrogens with one attached hydrogen (secondary N) is 2. The SMILES string of the molecule is Cc1cccc(C(=O)NN2C(=O)NC3(CC3(C)C)C2=O)c1. The molecule has 21 heavy (non-hydrogen) atoms. The van der Waals surface area contributed by atoms with Crippen LogP contribution in [0.3, 0.4) is 0 Å². The molecule has 1 aromatic rings. The van der Waals surface area contributed by atoms with Gasteiger partial charge in [-0.3, -0.25) is 15.0 Å². The third-order valence-corrected chi connectivity index (χ3v) is 4.32. The van der Waals surface area contributed by atoms with Gasteiger partial charge in [-0.25, -0.2) is 4.79 Å². The highest BCUT2D eigenvalue weighted by molar-refractivity contribution is 6.11. The number of carbonyl (C=O) groups excluding carboxylic acids is 3. The number of carbonyl (C=O) groups is 3. The van der Waals surface area contributed by atoms with Gasteiger partial charge in [0.1, 0.15) is 5.54 Å². The minimum atomic E-state index is -0.857. The molecule has 2 fully saturated rings. The quantitative estimate of drug-likeness (QED) is 0.806. The van der Waals surface area contributed by atoms with Gasteiger partial charge in [0.05, 0.1) is 0 Å². The first kappa shape index (κ1) is 13.6. The highest BCUT2D eigenvalue weighted by atomic mass is 16.2. The third-order valence-electron chi connectivity index (χ3n) is 4.32. The fraction of sp³-hybridized carbons (Fsp3) is 0.400. The smallest absolute Gasteiger partial charge is 0.321 e. The molecule has 1 aliphatic carbocycles. The summed E-state index contributed by atoms with van der Waals surface area (Å²) in [4.78, 5) is 36.5. The van der Waals surface area contributed by atoms with E-state index >= 15 is 0 Å². The molecule has 1 unspecified atom stereocenters. The Morgan fingerprint density at radius 3 is 2.52 bits per heavy atom. The first-order valence-electron chi connectivity index (χ1n) is 6.81. The summed E-state index contributed by atoms with van der Waals surface area (Å²) in [5, 5.41) is 3.48. The van der Waals surface area contributed by atoms with Crippen LogP contribution in [0.1, 0.15) is 36.2 Å². The molecule has 110 valence electrons. The van der Waals surface area contributed by atoms with E-state index in [1.165, 1.54) is 0 Å². The van der Waals surface area contributed by atoms with Crippen molar-refractivity contribution in [2.45, 2.75) is 32.7 Å². The second kappa shape index (κ2) is 4.07. The number of aryl methyl sites for hydroxylation is 1. The van der Waals surface area contributed by atoms with Crippen molar-refractivity contribution in [3.8, 4) is 0 Å². The molecule has 2 N–H and O–H groups in total. The largest absolute Gasteiger partial charge is 0.344 e. The summed E-state index contributed by atoms with van der Waals surface area (Å²) in [6.45, 7) is 5.69. The van der Waals surface area contributed by atoms with E-state index in [1.54, 1.807) is 18.2 Å². The molecular formula is C15H17N3O3. The molecule has 3 rings (SSSR count). The van der Waals surface area contributed by atoms with Crippen molar-refractivity contribution in [2.24, 2.45) is 5.41 Å². The van der Waals surface area contributed by atoms with E-state index < -0.39 is 23.4 Å². The van der Waals surface area contributed by atoms with E-state index in [4.69, 9.17) is 0 Å². The van der Waals surface area contributed by atoms with E-state index in [-0.39, 0.29) is 5.41 Å². The van der Waals surface area contributed by atoms with Crippen molar-refractivity contribution in [2.75, 3.05) is 0 Å². The van der Waals surface area contributed by atoms with E-state index in [1.807, 2.05) is 26.8 Å². The first-order valence-corrected chi connectivity index (χ1v) is 6.81. The van der Waals surface area contributed by atoms with Gasteiger partial charge in [-0.2, -0.15) is 5.01 Å². The molecule has 0 bridgehead atoms. The number of hydrogen-bond donors (Lipinski definition) is 2. The Kier molecular flexibility index (Phi) is 2.63. The van der Waals surface area contributed by atoms with Gasteiger partial charge in [0, 0.05) is 5.56 Å². The maximum Gasteiger partial charge on any atom is 0.344 e. The average molecular weight is 287 g/mol. The van der Waals surface area contributed by atoms with E-state index in [2.05, 4.69) is 10.7 Å². The van der Waals surface area contributed by atoms with Gasteiger partial charge >= 0.3 is 6.03 Å². The number of hydrazine groups is 1. The van der Waals surface area contributed by atoms with Crippen LogP contribution >= 0.6 is 0 Å². The minimum Gasteiger partial charge on any atom is -0.321 e. The van der Waals surface area contributed by atoms with Gasteiger partial charge in [-0.1, -0.05) is 31.5 Å². The van der Waals surface area contributed by atoms with Crippen LogP contribution in [0.25, 0.3) is 0 Å². The number of imide groups is 1. The van der Waals surface area contributed by atoms with Crippen LogP contribution < -0.4 is 10.7 Å². The summed E-state index contributed by atoms with van der Waals surface area (Å²) in [6, 6.07) is 6.38. The van der Waals surface area contributed by atoms with Crippen molar-refractivity contribution < 1.29 is 14.4 Å². The lowest BCUT2D eigenvalue weighted by Gasteiger charge is -2.15. The van der Waals surface area contributed by atoms with Crippen LogP contribution in [0.15, 0.2) is 24.3 Å². The van der Waals surface area contributed by atoms with Crippen LogP contribution in [0.4, 0.5) is 4.79 Å². The zero-order valence-corrected chi connectivity index (χ0v) is 12.2. The number of rotatable bonds is 2. The predicted octanol–water partition coefficient (Wildman–Crippen LogP) is 1.36. The van der Waals surface area contributed by atoms with Crippen molar-refractivity contribution >= 4 is 17.8 Å². The molecule has 4 amide bonds. The molecule has 0 aromatic heterocycles. The Morgan fingerprint density at radius 1 is 1.33 bits per heavy atom. The molecule has 1 spiro atoms. The van der Waals surface area contributed by atoms with Gasteiger partial charge < -0.3 is 5.32 Å². The first-order chi connectivity index (χ1) is 9.77. The standard InChI is InChI=1S/C15H17N3O3/c1-9-5-4-6-10(7-9)11(19)17-18-12(20)15(16-13(18)21)8-14(15,2)3/h4-7H,8H2,1-3H3,(H,16,21)(H,17,19). The summed E-state index contributed by atoms with van der Waals surface area (Å²) < 4.78 is 0. The highest BCUT2D eigenvalue weighted by Gasteiger charge is 2.72. The molecule has 1 heterocycles. The Balaban J connectivity index is 1.78. The Labute approximate surface area is 122 Å². The molecule has 1 aromatic carbocycles. The lowest BCUT2D eigenvalue weighted by atomic mass is 10.1. The normalized spacial score (nSPS) is 26.0. The van der Waals surface area contributed by atoms with Crippen LogP contribution in [0, 0.1) is 12.3 Å². The molecule has 1 aliphatic heterocycles. The van der Waals surface area contributed by atoms with Crippen molar-refractivity contribution in [3.05, 3.63) is 35.4 Å². The van der Waals surface area contributed by atoms with E-state index in [0.717, 1.165) is 10.6 Å². The number of benzene rings is 1. The van der Waals surface area contributed by atoms with E-state index in [9.17, 15) is 14.4 Å². The zero-order valence-electron chi connectivity index (χ0n) is 12.2. The maximum atomic E-state index is 12.4. The lowest BCUT2D eigenvalue weighted by Crippen LogP contribution is -2.47. The maximum absolute atomic E-state index is 12.4. The molecule has 0 radical (unpaired) electrons. The van der Waals surface area contributed by atoms with E-state index in [0.29, 0.717) is 12.0 Å². The van der Waals surface area contributed by atoms with Crippen molar-refractivity contribution in [3.63, 3.8) is 0 Å². The second-order valence-corrected chi connectivity index (χ2v) is 6.35. The molecule has 1 saturated heterocycles. The van der Waals surface area contributed by atoms with Crippen LogP contribution in [0.2, 0.25) is 0 Å². The average Bonchev–Trinajstić information content (AvgIpc) is 2.88. The molecule has 2 aliphatic rings. The van der Waals surface area contributed by atoms with Gasteiger partial charge in [-0.05, 0) is 30.9 Å². The third kappa shape index (κ3) is 1.90. The summed E-state index contributed by atoms with van der Waals surface area (Å²) in [5.74, 6) is -0.865. The van der Waals surface area contributed by atoms with Crippen LogP contribution in [-0.4, -0.2) is 28.4 Å². The Morgan fingerprint density at radius 2 is 2.00 bits per heavy atom. The molecule has 6 heteroatoms. The van der Waals surface area contributed by atoms with Gasteiger partial charge in [0.25, 0.3) is 11.8 Å². The van der Waals surface area contributed by atoms with Crippen molar-refractivity contribution in [1.29, 1.82) is 0 Å². The molecule has 6 nitrogen and oxygen atoms in total.